The van der Waals surface area contributed by atoms with Crippen LogP contribution < -0.4 is 10.6 Å². The zero-order chi connectivity index (χ0) is 17.1. The molecule has 0 spiro atoms. The van der Waals surface area contributed by atoms with Gasteiger partial charge >= 0.3 is 6.01 Å². The minimum Gasteiger partial charge on any atom is -0.459 e. The van der Waals surface area contributed by atoms with Crippen molar-refractivity contribution in [3.63, 3.8) is 0 Å². The Morgan fingerprint density at radius 3 is 2.88 bits per heavy atom. The average Bonchev–Trinajstić information content (AvgIpc) is 3.25. The quantitative estimate of drug-likeness (QED) is 0.711. The number of anilines is 1. The van der Waals surface area contributed by atoms with Crippen LogP contribution in [0.25, 0.3) is 11.7 Å². The van der Waals surface area contributed by atoms with Crippen molar-refractivity contribution in [2.24, 2.45) is 0 Å². The van der Waals surface area contributed by atoms with Gasteiger partial charge in [0.05, 0.1) is 12.8 Å². The normalized spacial score (nSPS) is 12.3. The van der Waals surface area contributed by atoms with E-state index in [4.69, 9.17) is 8.83 Å². The molecule has 3 heterocycles. The highest BCUT2D eigenvalue weighted by Crippen LogP contribution is 2.26. The number of nitrogens with zero attached hydrogens (tertiary/aromatic N) is 2. The zero-order valence-electron chi connectivity index (χ0n) is 13.6. The van der Waals surface area contributed by atoms with Crippen molar-refractivity contribution < 1.29 is 13.6 Å². The maximum Gasteiger partial charge on any atom is 0.322 e. The van der Waals surface area contributed by atoms with E-state index in [2.05, 4.69) is 40.7 Å². The van der Waals surface area contributed by atoms with Crippen LogP contribution in [0.15, 0.2) is 33.3 Å². The highest BCUT2D eigenvalue weighted by Gasteiger charge is 2.15. The van der Waals surface area contributed by atoms with E-state index in [1.54, 1.807) is 23.5 Å². The van der Waals surface area contributed by atoms with E-state index in [-0.39, 0.29) is 30.4 Å². The first-order chi connectivity index (χ1) is 11.5. The molecule has 0 bridgehead atoms. The lowest BCUT2D eigenvalue weighted by atomic mass is 10.1. The Bertz CT molecular complexity index is 822. The second-order valence-electron chi connectivity index (χ2n) is 5.41. The lowest BCUT2D eigenvalue weighted by Crippen LogP contribution is -2.30. The number of hydrogen-bond acceptors (Lipinski definition) is 7. The predicted molar refractivity (Wildman–Crippen MR) is 90.8 cm³/mol. The lowest BCUT2D eigenvalue weighted by molar-refractivity contribution is -0.115. The summed E-state index contributed by atoms with van der Waals surface area (Å²) in [5.41, 5.74) is 1.21. The van der Waals surface area contributed by atoms with Gasteiger partial charge < -0.3 is 14.2 Å². The minimum absolute atomic E-state index is 0.0448. The van der Waals surface area contributed by atoms with E-state index in [9.17, 15) is 4.79 Å². The molecule has 0 aliphatic heterocycles. The molecule has 0 unspecified atom stereocenters. The van der Waals surface area contributed by atoms with Gasteiger partial charge in [0.25, 0.3) is 5.89 Å². The maximum atomic E-state index is 12.0. The van der Waals surface area contributed by atoms with Crippen LogP contribution in [0.4, 0.5) is 6.01 Å². The molecular weight excluding hydrogens is 328 g/mol. The summed E-state index contributed by atoms with van der Waals surface area (Å²) in [5.74, 6) is 0.431. The highest BCUT2D eigenvalue weighted by atomic mass is 32.1. The van der Waals surface area contributed by atoms with Gasteiger partial charge in [-0.15, -0.1) is 16.4 Å². The van der Waals surface area contributed by atoms with Crippen molar-refractivity contribution in [2.45, 2.75) is 26.8 Å². The zero-order valence-corrected chi connectivity index (χ0v) is 14.4. The largest absolute Gasteiger partial charge is 0.459 e. The van der Waals surface area contributed by atoms with E-state index in [0.717, 1.165) is 0 Å². The summed E-state index contributed by atoms with van der Waals surface area (Å²) in [6.45, 7) is 6.34. The van der Waals surface area contributed by atoms with Crippen LogP contribution in [0.3, 0.4) is 0 Å². The first-order valence-electron chi connectivity index (χ1n) is 7.50. The number of amides is 1. The molecule has 1 amide bonds. The van der Waals surface area contributed by atoms with Crippen molar-refractivity contribution in [2.75, 3.05) is 11.9 Å². The molecule has 8 heteroatoms. The fourth-order valence-electron chi connectivity index (χ4n) is 2.37. The summed E-state index contributed by atoms with van der Waals surface area (Å²) >= 11 is 1.75. The van der Waals surface area contributed by atoms with E-state index in [1.165, 1.54) is 21.6 Å². The lowest BCUT2D eigenvalue weighted by Gasteiger charge is -2.13. The number of nitrogens with one attached hydrogen (secondary N) is 2. The molecular formula is C16H18N4O3S. The molecule has 2 N–H and O–H groups in total. The van der Waals surface area contributed by atoms with Crippen molar-refractivity contribution >= 4 is 23.3 Å². The van der Waals surface area contributed by atoms with Gasteiger partial charge in [0.15, 0.2) is 5.76 Å². The first-order valence-corrected chi connectivity index (χ1v) is 8.32. The Morgan fingerprint density at radius 2 is 2.21 bits per heavy atom. The summed E-state index contributed by atoms with van der Waals surface area (Å²) in [7, 11) is 0. The summed E-state index contributed by atoms with van der Waals surface area (Å²) in [6, 6.07) is 5.69. The minimum atomic E-state index is -0.249. The maximum absolute atomic E-state index is 12.0. The summed E-state index contributed by atoms with van der Waals surface area (Å²) < 4.78 is 10.5. The molecule has 0 fully saturated rings. The van der Waals surface area contributed by atoms with Gasteiger partial charge in [0, 0.05) is 15.8 Å². The van der Waals surface area contributed by atoms with Gasteiger partial charge in [0.1, 0.15) is 0 Å². The van der Waals surface area contributed by atoms with E-state index < -0.39 is 0 Å². The highest BCUT2D eigenvalue weighted by molar-refractivity contribution is 7.12. The molecule has 7 nitrogen and oxygen atoms in total. The van der Waals surface area contributed by atoms with Crippen LogP contribution in [0, 0.1) is 13.8 Å². The summed E-state index contributed by atoms with van der Waals surface area (Å²) in [4.78, 5) is 14.5. The SMILES string of the molecule is Cc1cc([C@@H](C)NCC(=O)Nc2nnc(-c3ccco3)o2)c(C)s1. The Labute approximate surface area is 143 Å². The third-order valence-corrected chi connectivity index (χ3v) is 4.50. The van der Waals surface area contributed by atoms with Crippen LogP contribution in [-0.4, -0.2) is 22.6 Å². The van der Waals surface area contributed by atoms with Crippen LogP contribution in [-0.2, 0) is 4.79 Å². The Kier molecular flexibility index (Phi) is 4.77. The number of carbonyl (C=O) groups is 1. The Balaban J connectivity index is 1.53. The topological polar surface area (TPSA) is 93.2 Å². The second kappa shape index (κ2) is 6.98. The Hall–Kier alpha value is -2.45. The number of aromatic nitrogens is 2. The number of thiophene rings is 1. The third-order valence-electron chi connectivity index (χ3n) is 3.52. The van der Waals surface area contributed by atoms with Crippen molar-refractivity contribution in [3.05, 3.63) is 39.8 Å². The van der Waals surface area contributed by atoms with Gasteiger partial charge in [-0.2, -0.15) is 0 Å². The molecule has 0 saturated carbocycles. The van der Waals surface area contributed by atoms with Crippen molar-refractivity contribution in [1.29, 1.82) is 0 Å². The van der Waals surface area contributed by atoms with Gasteiger partial charge in [-0.25, -0.2) is 0 Å². The fraction of sp³-hybridized carbons (Fsp3) is 0.312. The van der Waals surface area contributed by atoms with Gasteiger partial charge in [-0.05, 0) is 44.5 Å². The predicted octanol–water partition coefficient (Wildman–Crippen LogP) is 3.30. The standard InChI is InChI=1S/C16H18N4O3S/c1-9-7-12(11(3)24-9)10(2)17-8-14(21)18-16-20-19-15(23-16)13-5-4-6-22-13/h4-7,10,17H,8H2,1-3H3,(H,18,20,21)/t10-/m1/s1. The first kappa shape index (κ1) is 16.4. The van der Waals surface area contributed by atoms with Gasteiger partial charge in [-0.1, -0.05) is 5.10 Å². The molecule has 3 aromatic rings. The summed E-state index contributed by atoms with van der Waals surface area (Å²) in [5, 5.41) is 13.4. The molecule has 0 aromatic carbocycles. The van der Waals surface area contributed by atoms with Crippen LogP contribution in [0.5, 0.6) is 0 Å². The van der Waals surface area contributed by atoms with Gasteiger partial charge in [-0.3, -0.25) is 10.1 Å². The van der Waals surface area contributed by atoms with Crippen LogP contribution in [0.1, 0.15) is 28.3 Å². The average molecular weight is 346 g/mol. The third kappa shape index (κ3) is 3.72. The fourth-order valence-corrected chi connectivity index (χ4v) is 3.40. The van der Waals surface area contributed by atoms with E-state index in [1.807, 2.05) is 6.92 Å². The molecule has 1 atom stereocenters. The van der Waals surface area contributed by atoms with Crippen molar-refractivity contribution in [1.82, 2.24) is 15.5 Å². The van der Waals surface area contributed by atoms with Crippen LogP contribution in [0.2, 0.25) is 0 Å². The molecule has 3 aromatic heterocycles. The number of carbonyl (C=O) groups excluding carboxylic acids is 1. The van der Waals surface area contributed by atoms with E-state index >= 15 is 0 Å². The van der Waals surface area contributed by atoms with Gasteiger partial charge in [0.2, 0.25) is 5.91 Å². The number of aryl methyl sites for hydroxylation is 2. The molecule has 0 saturated heterocycles. The summed E-state index contributed by atoms with van der Waals surface area (Å²) in [6.07, 6.45) is 1.51. The smallest absolute Gasteiger partial charge is 0.322 e. The van der Waals surface area contributed by atoms with Crippen LogP contribution >= 0.6 is 11.3 Å². The monoisotopic (exact) mass is 346 g/mol. The molecule has 3 rings (SSSR count). The number of furan rings is 1. The molecule has 0 aliphatic rings. The van der Waals surface area contributed by atoms with E-state index in [0.29, 0.717) is 5.76 Å². The Morgan fingerprint density at radius 1 is 1.38 bits per heavy atom. The van der Waals surface area contributed by atoms with Crippen molar-refractivity contribution in [3.8, 4) is 11.7 Å². The molecule has 0 radical (unpaired) electrons. The molecule has 24 heavy (non-hydrogen) atoms. The molecule has 0 aliphatic carbocycles. The second-order valence-corrected chi connectivity index (χ2v) is 6.87. The number of hydrogen-bond donors (Lipinski definition) is 2. The number of rotatable bonds is 6. The molecule has 126 valence electrons.